The molecule has 1 aliphatic heterocycles. The Kier molecular flexibility index (Phi) is 4.65. The Morgan fingerprint density at radius 1 is 1.61 bits per heavy atom. The van der Waals surface area contributed by atoms with Gasteiger partial charge in [-0.3, -0.25) is 4.79 Å². The molecule has 0 saturated carbocycles. The summed E-state index contributed by atoms with van der Waals surface area (Å²) in [4.78, 5) is 11.9. The van der Waals surface area contributed by atoms with Gasteiger partial charge in [-0.25, -0.2) is 0 Å². The molecule has 1 saturated heterocycles. The molecule has 5 heteroatoms. The molecular weight excluding hydrogens is 316 g/mol. The lowest BCUT2D eigenvalue weighted by Crippen LogP contribution is -2.49. The van der Waals surface area contributed by atoms with E-state index in [2.05, 4.69) is 26.6 Å². The summed E-state index contributed by atoms with van der Waals surface area (Å²) >= 11 is 9.46. The molecule has 3 nitrogen and oxygen atoms in total. The Morgan fingerprint density at radius 2 is 2.33 bits per heavy atom. The van der Waals surface area contributed by atoms with Gasteiger partial charge in [0.05, 0.1) is 0 Å². The Hall–Kier alpha value is -0.580. The minimum Gasteiger partial charge on any atom is -0.352 e. The third kappa shape index (κ3) is 3.25. The monoisotopic (exact) mass is 330 g/mol. The molecule has 0 aliphatic carbocycles. The van der Waals surface area contributed by atoms with Crippen molar-refractivity contribution in [1.82, 2.24) is 10.6 Å². The van der Waals surface area contributed by atoms with Crippen molar-refractivity contribution in [3.05, 3.63) is 33.3 Å². The summed E-state index contributed by atoms with van der Waals surface area (Å²) in [6.07, 6.45) is 0. The van der Waals surface area contributed by atoms with Crippen LogP contribution in [0.5, 0.6) is 0 Å². The Morgan fingerprint density at radius 3 is 2.89 bits per heavy atom. The Labute approximate surface area is 120 Å². The first-order chi connectivity index (χ1) is 8.58. The van der Waals surface area contributed by atoms with Crippen LogP contribution in [0.3, 0.4) is 0 Å². The zero-order chi connectivity index (χ0) is 13.1. The SMILES string of the molecule is CC(C(=O)NCc1ccc(Br)cc1Cl)C1CNC1. The summed E-state index contributed by atoms with van der Waals surface area (Å²) in [5, 5.41) is 6.79. The van der Waals surface area contributed by atoms with Gasteiger partial charge in [0.1, 0.15) is 0 Å². The van der Waals surface area contributed by atoms with Crippen molar-refractivity contribution in [2.24, 2.45) is 11.8 Å². The first kappa shape index (κ1) is 13.8. The van der Waals surface area contributed by atoms with Crippen molar-refractivity contribution in [2.45, 2.75) is 13.5 Å². The summed E-state index contributed by atoms with van der Waals surface area (Å²) in [5.74, 6) is 0.617. The van der Waals surface area contributed by atoms with Crippen molar-refractivity contribution in [3.8, 4) is 0 Å². The fraction of sp³-hybridized carbons (Fsp3) is 0.462. The summed E-state index contributed by atoms with van der Waals surface area (Å²) in [5.41, 5.74) is 0.937. The zero-order valence-corrected chi connectivity index (χ0v) is 12.5. The summed E-state index contributed by atoms with van der Waals surface area (Å²) in [6, 6.07) is 5.68. The molecule has 1 aliphatic rings. The minimum absolute atomic E-state index is 0.0560. The number of hydrogen-bond donors (Lipinski definition) is 2. The third-order valence-electron chi connectivity index (χ3n) is 3.40. The van der Waals surface area contributed by atoms with Crippen molar-refractivity contribution in [2.75, 3.05) is 13.1 Å². The molecule has 1 atom stereocenters. The maximum atomic E-state index is 11.9. The maximum Gasteiger partial charge on any atom is 0.223 e. The smallest absolute Gasteiger partial charge is 0.223 e. The highest BCUT2D eigenvalue weighted by Crippen LogP contribution is 2.21. The van der Waals surface area contributed by atoms with E-state index in [-0.39, 0.29) is 11.8 Å². The van der Waals surface area contributed by atoms with Crippen LogP contribution >= 0.6 is 27.5 Å². The number of rotatable bonds is 4. The average molecular weight is 332 g/mol. The van der Waals surface area contributed by atoms with Gasteiger partial charge in [-0.1, -0.05) is 40.5 Å². The molecular formula is C13H16BrClN2O. The second kappa shape index (κ2) is 6.04. The second-order valence-corrected chi connectivity index (χ2v) is 5.98. The van der Waals surface area contributed by atoms with Gasteiger partial charge in [-0.05, 0) is 36.7 Å². The van der Waals surface area contributed by atoms with Gasteiger partial charge < -0.3 is 10.6 Å². The van der Waals surface area contributed by atoms with Gasteiger partial charge in [0.15, 0.2) is 0 Å². The van der Waals surface area contributed by atoms with Crippen LogP contribution in [0, 0.1) is 11.8 Å². The molecule has 1 fully saturated rings. The number of benzene rings is 1. The van der Waals surface area contributed by atoms with Crippen LogP contribution in [0.25, 0.3) is 0 Å². The molecule has 0 spiro atoms. The molecule has 1 aromatic rings. The van der Waals surface area contributed by atoms with Crippen molar-refractivity contribution < 1.29 is 4.79 Å². The number of nitrogens with one attached hydrogen (secondary N) is 2. The fourth-order valence-corrected chi connectivity index (χ4v) is 2.63. The van der Waals surface area contributed by atoms with Gasteiger partial charge in [0.25, 0.3) is 0 Å². The van der Waals surface area contributed by atoms with Gasteiger partial charge >= 0.3 is 0 Å². The molecule has 1 unspecified atom stereocenters. The van der Waals surface area contributed by atoms with Crippen LogP contribution in [0.15, 0.2) is 22.7 Å². The van der Waals surface area contributed by atoms with Crippen molar-refractivity contribution in [3.63, 3.8) is 0 Å². The van der Waals surface area contributed by atoms with Crippen molar-refractivity contribution >= 4 is 33.4 Å². The number of carbonyl (C=O) groups excluding carboxylic acids is 1. The van der Waals surface area contributed by atoms with Crippen LogP contribution < -0.4 is 10.6 Å². The van der Waals surface area contributed by atoms with E-state index in [1.807, 2.05) is 25.1 Å². The highest BCUT2D eigenvalue weighted by atomic mass is 79.9. The molecule has 1 aromatic carbocycles. The Bertz CT molecular complexity index is 449. The summed E-state index contributed by atoms with van der Waals surface area (Å²) < 4.78 is 0.941. The van der Waals surface area contributed by atoms with Gasteiger partial charge in [0, 0.05) is 22.0 Å². The average Bonchev–Trinajstić information content (AvgIpc) is 2.25. The third-order valence-corrected chi connectivity index (χ3v) is 4.25. The van der Waals surface area contributed by atoms with E-state index in [0.717, 1.165) is 23.1 Å². The Balaban J connectivity index is 1.88. The quantitative estimate of drug-likeness (QED) is 0.890. The van der Waals surface area contributed by atoms with Gasteiger partial charge in [-0.15, -0.1) is 0 Å². The largest absolute Gasteiger partial charge is 0.352 e. The van der Waals surface area contributed by atoms with Crippen molar-refractivity contribution in [1.29, 1.82) is 0 Å². The predicted molar refractivity (Wildman–Crippen MR) is 76.5 cm³/mol. The van der Waals surface area contributed by atoms with E-state index in [1.54, 1.807) is 0 Å². The molecule has 0 aromatic heterocycles. The number of amides is 1. The van der Waals surface area contributed by atoms with Crippen LogP contribution in [-0.2, 0) is 11.3 Å². The fourth-order valence-electron chi connectivity index (χ4n) is 1.89. The summed E-state index contributed by atoms with van der Waals surface area (Å²) in [6.45, 7) is 4.33. The van der Waals surface area contributed by atoms with Gasteiger partial charge in [0.2, 0.25) is 5.91 Å². The summed E-state index contributed by atoms with van der Waals surface area (Å²) in [7, 11) is 0. The van der Waals surface area contributed by atoms with Crippen LogP contribution in [-0.4, -0.2) is 19.0 Å². The van der Waals surface area contributed by atoms with Crippen LogP contribution in [0.2, 0.25) is 5.02 Å². The van der Waals surface area contributed by atoms with E-state index in [0.29, 0.717) is 17.5 Å². The van der Waals surface area contributed by atoms with Crippen LogP contribution in [0.1, 0.15) is 12.5 Å². The lowest BCUT2D eigenvalue weighted by molar-refractivity contribution is -0.126. The molecule has 2 rings (SSSR count). The highest BCUT2D eigenvalue weighted by molar-refractivity contribution is 9.10. The maximum absolute atomic E-state index is 11.9. The predicted octanol–water partition coefficient (Wildman–Crippen LogP) is 2.57. The standard InChI is InChI=1S/C13H16BrClN2O/c1-8(10-5-16-6-10)13(18)17-7-9-2-3-11(14)4-12(9)15/h2-4,8,10,16H,5-7H2,1H3,(H,17,18). The van der Waals surface area contributed by atoms with E-state index in [9.17, 15) is 4.79 Å². The molecule has 1 heterocycles. The van der Waals surface area contributed by atoms with E-state index in [4.69, 9.17) is 11.6 Å². The molecule has 0 bridgehead atoms. The van der Waals surface area contributed by atoms with E-state index >= 15 is 0 Å². The normalized spacial score (nSPS) is 17.1. The zero-order valence-electron chi connectivity index (χ0n) is 10.2. The lowest BCUT2D eigenvalue weighted by atomic mass is 9.88. The number of carbonyl (C=O) groups is 1. The van der Waals surface area contributed by atoms with Gasteiger partial charge in [-0.2, -0.15) is 0 Å². The van der Waals surface area contributed by atoms with Crippen LogP contribution in [0.4, 0.5) is 0 Å². The molecule has 2 N–H and O–H groups in total. The van der Waals surface area contributed by atoms with E-state index < -0.39 is 0 Å². The first-order valence-corrected chi connectivity index (χ1v) is 7.17. The molecule has 18 heavy (non-hydrogen) atoms. The highest BCUT2D eigenvalue weighted by Gasteiger charge is 2.28. The minimum atomic E-state index is 0.0560. The number of halogens is 2. The second-order valence-electron chi connectivity index (χ2n) is 4.66. The van der Waals surface area contributed by atoms with E-state index in [1.165, 1.54) is 0 Å². The molecule has 0 radical (unpaired) electrons. The first-order valence-electron chi connectivity index (χ1n) is 6.00. The topological polar surface area (TPSA) is 41.1 Å². The molecule has 1 amide bonds. The molecule has 98 valence electrons. The lowest BCUT2D eigenvalue weighted by Gasteiger charge is -2.31. The number of hydrogen-bond acceptors (Lipinski definition) is 2.